The Bertz CT molecular complexity index is 1050. The summed E-state index contributed by atoms with van der Waals surface area (Å²) in [6.07, 6.45) is 4.31. The number of anilines is 1. The van der Waals surface area contributed by atoms with Gasteiger partial charge >= 0.3 is 12.1 Å². The zero-order valence-corrected chi connectivity index (χ0v) is 25.6. The van der Waals surface area contributed by atoms with Crippen LogP contribution >= 0.6 is 0 Å². The molecule has 0 aromatic carbocycles. The number of pyridine rings is 1. The van der Waals surface area contributed by atoms with E-state index in [1.54, 1.807) is 20.8 Å². The Morgan fingerprint density at radius 2 is 1.79 bits per heavy atom. The molecule has 2 amide bonds. The minimum atomic E-state index is -2.70. The Morgan fingerprint density at radius 1 is 1.10 bits per heavy atom. The summed E-state index contributed by atoms with van der Waals surface area (Å²) in [6, 6.07) is 3.37. The lowest BCUT2D eigenvalue weighted by Gasteiger charge is -2.41. The molecular formula is C31H48F2N4O5. The fourth-order valence-electron chi connectivity index (χ4n) is 5.66. The maximum Gasteiger partial charge on any atom is 0.410 e. The second-order valence-electron chi connectivity index (χ2n) is 12.5. The molecule has 11 heteroatoms. The topological polar surface area (TPSA) is 110 Å². The van der Waals surface area contributed by atoms with E-state index in [0.717, 1.165) is 63.0 Å². The van der Waals surface area contributed by atoms with Crippen LogP contribution in [-0.2, 0) is 31.9 Å². The number of nitrogens with zero attached hydrogens (tertiary/aromatic N) is 2. The molecule has 2 N–H and O–H groups in total. The molecule has 0 radical (unpaired) electrons. The minimum absolute atomic E-state index is 0.0610. The fraction of sp³-hybridized carbons (Fsp3) is 0.742. The van der Waals surface area contributed by atoms with Crippen molar-refractivity contribution in [2.75, 3.05) is 32.1 Å². The lowest BCUT2D eigenvalue weighted by molar-refractivity contribution is -0.148. The molecule has 0 bridgehead atoms. The lowest BCUT2D eigenvalue weighted by atomic mass is 9.74. The van der Waals surface area contributed by atoms with Crippen LogP contribution in [0.25, 0.3) is 0 Å². The van der Waals surface area contributed by atoms with E-state index in [0.29, 0.717) is 12.8 Å². The van der Waals surface area contributed by atoms with Gasteiger partial charge in [-0.25, -0.2) is 23.4 Å². The molecule has 0 unspecified atom stereocenters. The van der Waals surface area contributed by atoms with Crippen molar-refractivity contribution in [2.24, 2.45) is 5.41 Å². The maximum absolute atomic E-state index is 13.6. The monoisotopic (exact) mass is 594 g/mol. The van der Waals surface area contributed by atoms with E-state index in [1.807, 2.05) is 0 Å². The molecule has 9 nitrogen and oxygen atoms in total. The Hall–Kier alpha value is -2.98. The average Bonchev–Trinajstić information content (AvgIpc) is 2.94. The summed E-state index contributed by atoms with van der Waals surface area (Å²) >= 11 is 0. The molecule has 1 atom stereocenters. The molecule has 0 aliphatic carbocycles. The maximum atomic E-state index is 13.6. The third-order valence-corrected chi connectivity index (χ3v) is 8.07. The van der Waals surface area contributed by atoms with Crippen LogP contribution in [0.1, 0.15) is 96.2 Å². The second kappa shape index (κ2) is 15.5. The number of esters is 1. The molecule has 0 saturated carbocycles. The molecule has 1 fully saturated rings. The average molecular weight is 595 g/mol. The lowest BCUT2D eigenvalue weighted by Crippen LogP contribution is -2.54. The Morgan fingerprint density at radius 3 is 2.45 bits per heavy atom. The van der Waals surface area contributed by atoms with Gasteiger partial charge in [-0.2, -0.15) is 0 Å². The number of methoxy groups -OCH3 is 1. The van der Waals surface area contributed by atoms with Gasteiger partial charge < -0.3 is 25.0 Å². The molecule has 42 heavy (non-hydrogen) atoms. The van der Waals surface area contributed by atoms with Crippen molar-refractivity contribution >= 4 is 23.8 Å². The van der Waals surface area contributed by atoms with Crippen LogP contribution in [0.2, 0.25) is 0 Å². The number of likely N-dealkylation sites (tertiary alicyclic amines) is 1. The van der Waals surface area contributed by atoms with E-state index in [1.165, 1.54) is 17.6 Å². The number of aryl methyl sites for hydroxylation is 2. The number of hydrogen-bond acceptors (Lipinski definition) is 7. The van der Waals surface area contributed by atoms with Crippen LogP contribution in [0.15, 0.2) is 12.1 Å². The highest BCUT2D eigenvalue weighted by Crippen LogP contribution is 2.38. The minimum Gasteiger partial charge on any atom is -0.467 e. The van der Waals surface area contributed by atoms with Crippen molar-refractivity contribution in [1.29, 1.82) is 0 Å². The van der Waals surface area contributed by atoms with E-state index >= 15 is 0 Å². The number of halogens is 2. The van der Waals surface area contributed by atoms with Gasteiger partial charge in [-0.15, -0.1) is 0 Å². The largest absolute Gasteiger partial charge is 0.467 e. The van der Waals surface area contributed by atoms with E-state index in [2.05, 4.69) is 22.8 Å². The Balaban J connectivity index is 1.46. The van der Waals surface area contributed by atoms with Gasteiger partial charge in [0, 0.05) is 31.7 Å². The number of aromatic nitrogens is 1. The summed E-state index contributed by atoms with van der Waals surface area (Å²) in [5, 5.41) is 6.09. The van der Waals surface area contributed by atoms with E-state index < -0.39 is 47.9 Å². The van der Waals surface area contributed by atoms with Crippen molar-refractivity contribution < 1.29 is 32.6 Å². The van der Waals surface area contributed by atoms with Gasteiger partial charge in [0.25, 0.3) is 0 Å². The summed E-state index contributed by atoms with van der Waals surface area (Å²) in [4.78, 5) is 44.5. The number of piperidine rings is 1. The second-order valence-corrected chi connectivity index (χ2v) is 12.5. The molecule has 2 aliphatic rings. The zero-order valence-electron chi connectivity index (χ0n) is 25.6. The normalized spacial score (nSPS) is 17.2. The number of carbonyl (C=O) groups is 3. The zero-order chi connectivity index (χ0) is 30.8. The van der Waals surface area contributed by atoms with Crippen molar-refractivity contribution in [1.82, 2.24) is 15.2 Å². The van der Waals surface area contributed by atoms with Gasteiger partial charge in [-0.3, -0.25) is 4.79 Å². The Kier molecular flexibility index (Phi) is 12.4. The summed E-state index contributed by atoms with van der Waals surface area (Å²) < 4.78 is 37.5. The predicted octanol–water partition coefficient (Wildman–Crippen LogP) is 5.65. The summed E-state index contributed by atoms with van der Waals surface area (Å²) in [5.41, 5.74) is 0.310. The molecule has 236 valence electrons. The highest BCUT2D eigenvalue weighted by molar-refractivity contribution is 5.88. The van der Waals surface area contributed by atoms with Crippen LogP contribution in [0.4, 0.5) is 19.4 Å². The van der Waals surface area contributed by atoms with Crippen LogP contribution in [0.5, 0.6) is 0 Å². The number of rotatable bonds is 13. The molecule has 1 saturated heterocycles. The van der Waals surface area contributed by atoms with Crippen LogP contribution in [0.3, 0.4) is 0 Å². The van der Waals surface area contributed by atoms with Gasteiger partial charge in [-0.1, -0.05) is 31.7 Å². The number of hydrogen-bond donors (Lipinski definition) is 2. The smallest absolute Gasteiger partial charge is 0.410 e. The van der Waals surface area contributed by atoms with Gasteiger partial charge in [0.2, 0.25) is 12.3 Å². The number of nitrogens with one attached hydrogen (secondary N) is 2. The third kappa shape index (κ3) is 10.1. The van der Waals surface area contributed by atoms with Crippen molar-refractivity contribution in [2.45, 2.75) is 116 Å². The molecule has 3 rings (SSSR count). The number of unbranched alkanes of at least 4 members (excludes halogenated alkanes) is 4. The molecular weight excluding hydrogens is 546 g/mol. The first-order valence-corrected chi connectivity index (χ1v) is 15.3. The van der Waals surface area contributed by atoms with Gasteiger partial charge in [-0.05, 0) is 77.3 Å². The molecule has 0 spiro atoms. The predicted molar refractivity (Wildman–Crippen MR) is 156 cm³/mol. The third-order valence-electron chi connectivity index (χ3n) is 8.07. The highest BCUT2D eigenvalue weighted by atomic mass is 19.3. The van der Waals surface area contributed by atoms with Crippen LogP contribution in [0, 0.1) is 5.41 Å². The first kappa shape index (κ1) is 33.5. The van der Waals surface area contributed by atoms with Crippen molar-refractivity contribution in [3.63, 3.8) is 0 Å². The van der Waals surface area contributed by atoms with Gasteiger partial charge in [0.05, 0.1) is 12.5 Å². The van der Waals surface area contributed by atoms with Gasteiger partial charge in [0.1, 0.15) is 17.5 Å². The van der Waals surface area contributed by atoms with E-state index in [4.69, 9.17) is 14.5 Å². The molecule has 2 aliphatic heterocycles. The number of fused-ring (bicyclic) bond motifs is 1. The van der Waals surface area contributed by atoms with E-state index in [9.17, 15) is 23.2 Å². The molecule has 1 aromatic rings. The summed E-state index contributed by atoms with van der Waals surface area (Å²) in [5.74, 6) is -0.165. The quantitative estimate of drug-likeness (QED) is 0.224. The number of carbonyl (C=O) groups excluding carboxylic acids is 3. The fourth-order valence-corrected chi connectivity index (χ4v) is 5.66. The van der Waals surface area contributed by atoms with Gasteiger partial charge in [0.15, 0.2) is 0 Å². The summed E-state index contributed by atoms with van der Waals surface area (Å²) in [6.45, 7) is 6.46. The van der Waals surface area contributed by atoms with Crippen LogP contribution < -0.4 is 10.6 Å². The standard InChI is InChI=1S/C31H48F2N4O5/c1-30(2,3)42-29(40)37-19-16-31(17-20-37,21-25(32)33)28(39)36-24(27(38)41-4)13-9-7-5-6-8-12-23-15-14-22-11-10-18-34-26(22)35-23/h14-15,24-25H,5-13,16-21H2,1-4H3,(H,34,35)(H,36,39)/t24-/m0/s1. The Labute approximate surface area is 248 Å². The van der Waals surface area contributed by atoms with Crippen LogP contribution in [-0.4, -0.2) is 72.7 Å². The number of ether oxygens (including phenoxy) is 2. The molecule has 3 heterocycles. The number of alkyl halides is 2. The first-order valence-electron chi connectivity index (χ1n) is 15.3. The van der Waals surface area contributed by atoms with Crippen molar-refractivity contribution in [3.8, 4) is 0 Å². The first-order chi connectivity index (χ1) is 19.9. The van der Waals surface area contributed by atoms with E-state index in [-0.39, 0.29) is 25.9 Å². The summed E-state index contributed by atoms with van der Waals surface area (Å²) in [7, 11) is 1.25. The number of amides is 2. The molecule has 1 aromatic heterocycles. The SMILES string of the molecule is COC(=O)[C@H](CCCCCCCc1ccc2c(n1)NCCC2)NC(=O)C1(CC(F)F)CCN(C(=O)OC(C)(C)C)CC1. The highest BCUT2D eigenvalue weighted by Gasteiger charge is 2.45. The van der Waals surface area contributed by atoms with Crippen molar-refractivity contribution in [3.05, 3.63) is 23.4 Å².